The van der Waals surface area contributed by atoms with Crippen molar-refractivity contribution in [3.8, 4) is 11.8 Å². The molecule has 1 aromatic rings. The Balaban J connectivity index is 1.90. The molecule has 1 fully saturated rings. The molecule has 0 aromatic heterocycles. The minimum absolute atomic E-state index is 0.0504. The molecular weight excluding hydrogens is 238 g/mol. The van der Waals surface area contributed by atoms with Crippen LogP contribution in [0.5, 0.6) is 5.75 Å². The Bertz CT molecular complexity index is 435. The molecule has 0 radical (unpaired) electrons. The second-order valence-corrected chi connectivity index (χ2v) is 5.35. The third kappa shape index (κ3) is 3.71. The van der Waals surface area contributed by atoms with Crippen molar-refractivity contribution in [2.45, 2.75) is 38.9 Å². The van der Waals surface area contributed by atoms with E-state index in [2.05, 4.69) is 13.0 Å². The van der Waals surface area contributed by atoms with Gasteiger partial charge >= 0.3 is 0 Å². The zero-order chi connectivity index (χ0) is 13.7. The smallest absolute Gasteiger partial charge is 0.118 e. The molecule has 0 bridgehead atoms. The van der Waals surface area contributed by atoms with Crippen LogP contribution in [0, 0.1) is 23.2 Å². The van der Waals surface area contributed by atoms with Crippen molar-refractivity contribution >= 4 is 0 Å². The van der Waals surface area contributed by atoms with Crippen molar-refractivity contribution in [1.82, 2.24) is 0 Å². The summed E-state index contributed by atoms with van der Waals surface area (Å²) in [4.78, 5) is 0. The van der Waals surface area contributed by atoms with Crippen molar-refractivity contribution in [2.75, 3.05) is 7.11 Å². The Morgan fingerprint density at radius 3 is 2.63 bits per heavy atom. The SMILES string of the molecule is COc1ccc(COC2CC(C)CCC2C#N)cc1. The van der Waals surface area contributed by atoms with Crippen LogP contribution in [0.3, 0.4) is 0 Å². The van der Waals surface area contributed by atoms with E-state index in [1.807, 2.05) is 24.3 Å². The standard InChI is InChI=1S/C16H21NO2/c1-12-3-6-14(10-17)16(9-12)19-11-13-4-7-15(18-2)8-5-13/h4-5,7-8,12,14,16H,3,6,9,11H2,1-2H3. The highest BCUT2D eigenvalue weighted by molar-refractivity contribution is 5.26. The molecule has 3 heteroatoms. The van der Waals surface area contributed by atoms with Gasteiger partial charge in [0.15, 0.2) is 0 Å². The van der Waals surface area contributed by atoms with Gasteiger partial charge in [-0.1, -0.05) is 19.1 Å². The van der Waals surface area contributed by atoms with E-state index >= 15 is 0 Å². The van der Waals surface area contributed by atoms with Gasteiger partial charge in [0, 0.05) is 0 Å². The van der Waals surface area contributed by atoms with Gasteiger partial charge in [0.2, 0.25) is 0 Å². The van der Waals surface area contributed by atoms with Crippen molar-refractivity contribution in [3.05, 3.63) is 29.8 Å². The maximum atomic E-state index is 9.17. The van der Waals surface area contributed by atoms with Crippen molar-refractivity contribution in [2.24, 2.45) is 11.8 Å². The highest BCUT2D eigenvalue weighted by Gasteiger charge is 2.29. The van der Waals surface area contributed by atoms with E-state index in [0.29, 0.717) is 12.5 Å². The predicted molar refractivity (Wildman–Crippen MR) is 73.7 cm³/mol. The number of hydrogen-bond acceptors (Lipinski definition) is 3. The minimum Gasteiger partial charge on any atom is -0.497 e. The zero-order valence-electron chi connectivity index (χ0n) is 11.6. The van der Waals surface area contributed by atoms with E-state index in [4.69, 9.17) is 14.7 Å². The van der Waals surface area contributed by atoms with Crippen LogP contribution >= 0.6 is 0 Å². The molecule has 3 atom stereocenters. The summed E-state index contributed by atoms with van der Waals surface area (Å²) < 4.78 is 11.1. The second-order valence-electron chi connectivity index (χ2n) is 5.35. The molecule has 3 nitrogen and oxygen atoms in total. The Morgan fingerprint density at radius 1 is 1.26 bits per heavy atom. The first kappa shape index (κ1) is 13.9. The van der Waals surface area contributed by atoms with E-state index in [9.17, 15) is 0 Å². The summed E-state index contributed by atoms with van der Waals surface area (Å²) in [5, 5.41) is 9.17. The summed E-state index contributed by atoms with van der Waals surface area (Å²) in [7, 11) is 1.66. The van der Waals surface area contributed by atoms with Gasteiger partial charge in [-0.3, -0.25) is 0 Å². The number of hydrogen-bond donors (Lipinski definition) is 0. The first-order chi connectivity index (χ1) is 9.22. The van der Waals surface area contributed by atoms with E-state index in [0.717, 1.165) is 30.6 Å². The van der Waals surface area contributed by atoms with Crippen LogP contribution < -0.4 is 4.74 Å². The van der Waals surface area contributed by atoms with Crippen LogP contribution in [0.25, 0.3) is 0 Å². The number of rotatable bonds is 4. The fraction of sp³-hybridized carbons (Fsp3) is 0.562. The lowest BCUT2D eigenvalue weighted by atomic mass is 9.81. The summed E-state index contributed by atoms with van der Waals surface area (Å²) in [6, 6.07) is 10.3. The number of nitrogens with zero attached hydrogens (tertiary/aromatic N) is 1. The Labute approximate surface area is 115 Å². The summed E-state index contributed by atoms with van der Waals surface area (Å²) in [6.45, 7) is 2.80. The van der Waals surface area contributed by atoms with Crippen molar-refractivity contribution < 1.29 is 9.47 Å². The average molecular weight is 259 g/mol. The van der Waals surface area contributed by atoms with Crippen LogP contribution in [0.15, 0.2) is 24.3 Å². The molecule has 0 heterocycles. The largest absolute Gasteiger partial charge is 0.497 e. The predicted octanol–water partition coefficient (Wildman–Crippen LogP) is 3.54. The third-order valence-corrected chi connectivity index (χ3v) is 3.84. The molecule has 2 rings (SSSR count). The molecule has 0 saturated heterocycles. The Kier molecular flexibility index (Phi) is 4.81. The lowest BCUT2D eigenvalue weighted by molar-refractivity contribution is -0.0173. The van der Waals surface area contributed by atoms with Gasteiger partial charge in [-0.2, -0.15) is 5.26 Å². The van der Waals surface area contributed by atoms with Crippen LogP contribution in [0.4, 0.5) is 0 Å². The molecule has 1 aliphatic carbocycles. The molecule has 19 heavy (non-hydrogen) atoms. The number of ether oxygens (including phenoxy) is 2. The molecule has 0 aliphatic heterocycles. The molecule has 102 valence electrons. The van der Waals surface area contributed by atoms with Gasteiger partial charge in [0.05, 0.1) is 31.8 Å². The monoisotopic (exact) mass is 259 g/mol. The minimum atomic E-state index is 0.0504. The topological polar surface area (TPSA) is 42.2 Å². The van der Waals surface area contributed by atoms with Crippen LogP contribution in [-0.4, -0.2) is 13.2 Å². The van der Waals surface area contributed by atoms with Crippen LogP contribution in [0.2, 0.25) is 0 Å². The van der Waals surface area contributed by atoms with Crippen LogP contribution in [0.1, 0.15) is 31.7 Å². The first-order valence-corrected chi connectivity index (χ1v) is 6.87. The Hall–Kier alpha value is -1.53. The summed E-state index contributed by atoms with van der Waals surface area (Å²) >= 11 is 0. The summed E-state index contributed by atoms with van der Waals surface area (Å²) in [5.74, 6) is 1.56. The summed E-state index contributed by atoms with van der Waals surface area (Å²) in [6.07, 6.45) is 3.18. The van der Waals surface area contributed by atoms with E-state index in [1.165, 1.54) is 0 Å². The maximum absolute atomic E-state index is 9.17. The molecule has 1 saturated carbocycles. The third-order valence-electron chi connectivity index (χ3n) is 3.84. The molecule has 0 N–H and O–H groups in total. The second kappa shape index (κ2) is 6.58. The normalized spacial score (nSPS) is 26.7. The van der Waals surface area contributed by atoms with Crippen molar-refractivity contribution in [3.63, 3.8) is 0 Å². The lowest BCUT2D eigenvalue weighted by Gasteiger charge is -2.30. The van der Waals surface area contributed by atoms with Crippen LogP contribution in [-0.2, 0) is 11.3 Å². The van der Waals surface area contributed by atoms with E-state index in [-0.39, 0.29) is 12.0 Å². The van der Waals surface area contributed by atoms with Gasteiger partial charge in [0.25, 0.3) is 0 Å². The van der Waals surface area contributed by atoms with Gasteiger partial charge in [0.1, 0.15) is 5.75 Å². The molecule has 0 spiro atoms. The molecule has 0 amide bonds. The highest BCUT2D eigenvalue weighted by Crippen LogP contribution is 2.31. The average Bonchev–Trinajstić information content (AvgIpc) is 2.46. The fourth-order valence-corrected chi connectivity index (χ4v) is 2.59. The number of methoxy groups -OCH3 is 1. The number of benzene rings is 1. The highest BCUT2D eigenvalue weighted by atomic mass is 16.5. The first-order valence-electron chi connectivity index (χ1n) is 6.87. The lowest BCUT2D eigenvalue weighted by Crippen LogP contribution is -2.30. The molecule has 3 unspecified atom stereocenters. The van der Waals surface area contributed by atoms with E-state index < -0.39 is 0 Å². The molecular formula is C16H21NO2. The quantitative estimate of drug-likeness (QED) is 0.830. The van der Waals surface area contributed by atoms with Crippen molar-refractivity contribution in [1.29, 1.82) is 5.26 Å². The molecule has 1 aliphatic rings. The van der Waals surface area contributed by atoms with Gasteiger partial charge < -0.3 is 9.47 Å². The summed E-state index contributed by atoms with van der Waals surface area (Å²) in [5.41, 5.74) is 1.12. The fourth-order valence-electron chi connectivity index (χ4n) is 2.59. The number of nitriles is 1. The van der Waals surface area contributed by atoms with Gasteiger partial charge in [-0.15, -0.1) is 0 Å². The van der Waals surface area contributed by atoms with Gasteiger partial charge in [-0.05, 0) is 42.9 Å². The zero-order valence-corrected chi connectivity index (χ0v) is 11.6. The Morgan fingerprint density at radius 2 is 2.00 bits per heavy atom. The maximum Gasteiger partial charge on any atom is 0.118 e. The van der Waals surface area contributed by atoms with E-state index in [1.54, 1.807) is 7.11 Å². The van der Waals surface area contributed by atoms with Gasteiger partial charge in [-0.25, -0.2) is 0 Å². The molecule has 1 aromatic carbocycles.